The lowest BCUT2D eigenvalue weighted by molar-refractivity contribution is -0.130. The number of carbonyl (C=O) groups is 1. The van der Waals surface area contributed by atoms with Crippen LogP contribution in [0.3, 0.4) is 0 Å². The highest BCUT2D eigenvalue weighted by Gasteiger charge is 2.29. The van der Waals surface area contributed by atoms with Crippen LogP contribution < -0.4 is 4.72 Å². The number of nitrogens with zero attached hydrogens (tertiary/aromatic N) is 2. The molecule has 0 saturated carbocycles. The minimum Gasteiger partial charge on any atom is -0.341 e. The number of rotatable bonds is 8. The molecule has 154 valence electrons. The van der Waals surface area contributed by atoms with Crippen LogP contribution in [0.15, 0.2) is 58.4 Å². The van der Waals surface area contributed by atoms with Crippen LogP contribution in [0.1, 0.15) is 36.8 Å². The number of amides is 1. The fourth-order valence-electron chi connectivity index (χ4n) is 3.17. The summed E-state index contributed by atoms with van der Waals surface area (Å²) in [6, 6.07) is 14.3. The maximum Gasteiger partial charge on any atom is 0.263 e. The first-order valence-corrected chi connectivity index (χ1v) is 11.4. The van der Waals surface area contributed by atoms with Gasteiger partial charge in [0, 0.05) is 37.1 Å². The summed E-state index contributed by atoms with van der Waals surface area (Å²) in [5, 5.41) is 0.662. The van der Waals surface area contributed by atoms with Gasteiger partial charge in [-0.2, -0.15) is 0 Å². The van der Waals surface area contributed by atoms with Gasteiger partial charge in [0.25, 0.3) is 10.0 Å². The molecule has 1 aliphatic heterocycles. The number of sulfonamides is 1. The fraction of sp³-hybridized carbons (Fsp3) is 0.333. The van der Waals surface area contributed by atoms with Gasteiger partial charge in [0.1, 0.15) is 5.84 Å². The Labute approximate surface area is 176 Å². The fourth-order valence-corrected chi connectivity index (χ4v) is 4.61. The van der Waals surface area contributed by atoms with Crippen molar-refractivity contribution in [3.63, 3.8) is 0 Å². The van der Waals surface area contributed by atoms with Crippen LogP contribution in [-0.4, -0.2) is 38.7 Å². The van der Waals surface area contributed by atoms with Gasteiger partial charge in [-0.1, -0.05) is 48.4 Å². The van der Waals surface area contributed by atoms with E-state index < -0.39 is 10.0 Å². The van der Waals surface area contributed by atoms with E-state index in [-0.39, 0.29) is 10.8 Å². The van der Waals surface area contributed by atoms with Gasteiger partial charge >= 0.3 is 0 Å². The van der Waals surface area contributed by atoms with Gasteiger partial charge < -0.3 is 4.90 Å². The minimum absolute atomic E-state index is 0.0775. The monoisotopic (exact) mass is 433 g/mol. The second-order valence-electron chi connectivity index (χ2n) is 6.98. The molecule has 29 heavy (non-hydrogen) atoms. The van der Waals surface area contributed by atoms with Crippen molar-refractivity contribution in [2.75, 3.05) is 13.6 Å². The molecule has 0 saturated heterocycles. The van der Waals surface area contributed by atoms with E-state index >= 15 is 0 Å². The van der Waals surface area contributed by atoms with Crippen LogP contribution in [0.4, 0.5) is 0 Å². The number of hydrogen-bond donors (Lipinski definition) is 1. The predicted molar refractivity (Wildman–Crippen MR) is 115 cm³/mol. The molecule has 0 aromatic heterocycles. The molecular weight excluding hydrogens is 410 g/mol. The van der Waals surface area contributed by atoms with Crippen LogP contribution in [0, 0.1) is 0 Å². The molecule has 3 rings (SSSR count). The van der Waals surface area contributed by atoms with Gasteiger partial charge in [-0.05, 0) is 36.6 Å². The topological polar surface area (TPSA) is 78.8 Å². The Morgan fingerprint density at radius 1 is 1.07 bits per heavy atom. The van der Waals surface area contributed by atoms with Gasteiger partial charge in [0.05, 0.1) is 4.90 Å². The van der Waals surface area contributed by atoms with E-state index in [2.05, 4.69) is 9.71 Å². The molecule has 2 aromatic rings. The minimum atomic E-state index is -3.49. The molecule has 0 atom stereocenters. The van der Waals surface area contributed by atoms with E-state index in [0.29, 0.717) is 35.9 Å². The quantitative estimate of drug-likeness (QED) is 0.646. The van der Waals surface area contributed by atoms with Crippen molar-refractivity contribution in [2.24, 2.45) is 4.99 Å². The first-order chi connectivity index (χ1) is 13.9. The highest BCUT2D eigenvalue weighted by molar-refractivity contribution is 7.90. The molecule has 1 aliphatic rings. The molecular formula is C21H24ClN3O3S. The highest BCUT2D eigenvalue weighted by atomic mass is 35.5. The standard InChI is InChI=1S/C21H24ClN3O3S/c1-25(15-16-9-4-6-11-18(16)22)20(26)13-3-2-8-14-23-21-17-10-5-7-12-19(17)29(27,28)24-21/h4-7,9-12H,2-3,8,13-15H2,1H3,(H,23,24). The number of aliphatic imine (C=N–C) groups is 1. The van der Waals surface area contributed by atoms with Crippen molar-refractivity contribution >= 4 is 33.4 Å². The summed E-state index contributed by atoms with van der Waals surface area (Å²) in [6.07, 6.45) is 2.86. The largest absolute Gasteiger partial charge is 0.341 e. The van der Waals surface area contributed by atoms with Crippen molar-refractivity contribution in [3.05, 3.63) is 64.7 Å². The maximum atomic E-state index is 12.3. The molecule has 0 aliphatic carbocycles. The van der Waals surface area contributed by atoms with Crippen LogP contribution in [0.5, 0.6) is 0 Å². The van der Waals surface area contributed by atoms with E-state index in [1.54, 1.807) is 36.2 Å². The first kappa shape index (κ1) is 21.3. The summed E-state index contributed by atoms with van der Waals surface area (Å²) in [4.78, 5) is 18.6. The summed E-state index contributed by atoms with van der Waals surface area (Å²) >= 11 is 6.14. The number of nitrogens with one attached hydrogen (secondary N) is 1. The number of unbranched alkanes of at least 4 members (excludes halogenated alkanes) is 2. The second kappa shape index (κ2) is 9.41. The Hall–Kier alpha value is -2.38. The van der Waals surface area contributed by atoms with E-state index in [0.717, 1.165) is 24.8 Å². The lowest BCUT2D eigenvalue weighted by Crippen LogP contribution is -2.26. The van der Waals surface area contributed by atoms with E-state index in [9.17, 15) is 13.2 Å². The normalized spacial score (nSPS) is 15.7. The number of halogens is 1. The van der Waals surface area contributed by atoms with Crippen LogP contribution in [-0.2, 0) is 21.4 Å². The molecule has 1 heterocycles. The van der Waals surface area contributed by atoms with Crippen LogP contribution >= 0.6 is 11.6 Å². The van der Waals surface area contributed by atoms with Gasteiger partial charge in [0.15, 0.2) is 0 Å². The third-order valence-electron chi connectivity index (χ3n) is 4.77. The van der Waals surface area contributed by atoms with E-state index in [1.807, 2.05) is 24.3 Å². The molecule has 1 amide bonds. The molecule has 0 spiro atoms. The molecule has 6 nitrogen and oxygen atoms in total. The Morgan fingerprint density at radius 2 is 1.79 bits per heavy atom. The molecule has 0 bridgehead atoms. The third-order valence-corrected chi connectivity index (χ3v) is 6.54. The zero-order valence-electron chi connectivity index (χ0n) is 16.3. The molecule has 0 unspecified atom stereocenters. The molecule has 2 aromatic carbocycles. The van der Waals surface area contributed by atoms with Crippen LogP contribution in [0.25, 0.3) is 0 Å². The van der Waals surface area contributed by atoms with Gasteiger partial charge in [-0.3, -0.25) is 14.5 Å². The van der Waals surface area contributed by atoms with Crippen molar-refractivity contribution < 1.29 is 13.2 Å². The molecule has 8 heteroatoms. The molecule has 1 N–H and O–H groups in total. The Bertz CT molecular complexity index is 1020. The maximum absolute atomic E-state index is 12.3. The Balaban J connectivity index is 1.41. The van der Waals surface area contributed by atoms with E-state index in [4.69, 9.17) is 11.6 Å². The van der Waals surface area contributed by atoms with Crippen molar-refractivity contribution in [1.82, 2.24) is 9.62 Å². The van der Waals surface area contributed by atoms with Crippen molar-refractivity contribution in [1.29, 1.82) is 0 Å². The predicted octanol–water partition coefficient (Wildman–Crippen LogP) is 3.60. The zero-order chi connectivity index (χ0) is 20.9. The van der Waals surface area contributed by atoms with Gasteiger partial charge in [0.2, 0.25) is 5.91 Å². The third kappa shape index (κ3) is 5.36. The number of carbonyl (C=O) groups excluding carboxylic acids is 1. The first-order valence-electron chi connectivity index (χ1n) is 9.52. The molecule has 0 fully saturated rings. The van der Waals surface area contributed by atoms with Crippen molar-refractivity contribution in [3.8, 4) is 0 Å². The average molecular weight is 434 g/mol. The average Bonchev–Trinajstić information content (AvgIpc) is 2.96. The number of fused-ring (bicyclic) bond motifs is 1. The lowest BCUT2D eigenvalue weighted by atomic mass is 10.1. The summed E-state index contributed by atoms with van der Waals surface area (Å²) in [5.74, 6) is 0.477. The van der Waals surface area contributed by atoms with E-state index in [1.165, 1.54) is 0 Å². The van der Waals surface area contributed by atoms with Gasteiger partial charge in [-0.15, -0.1) is 0 Å². The summed E-state index contributed by atoms with van der Waals surface area (Å²) in [6.45, 7) is 1.00. The molecule has 0 radical (unpaired) electrons. The SMILES string of the molecule is CN(Cc1ccccc1Cl)C(=O)CCCCCN=C1NS(=O)(=O)c2ccccc21. The Kier molecular flexibility index (Phi) is 6.92. The Morgan fingerprint density at radius 3 is 2.59 bits per heavy atom. The number of amidine groups is 1. The summed E-state index contributed by atoms with van der Waals surface area (Å²) < 4.78 is 26.6. The number of hydrogen-bond acceptors (Lipinski definition) is 4. The summed E-state index contributed by atoms with van der Waals surface area (Å²) in [5.41, 5.74) is 1.55. The van der Waals surface area contributed by atoms with Crippen molar-refractivity contribution in [2.45, 2.75) is 37.1 Å². The van der Waals surface area contributed by atoms with Gasteiger partial charge in [-0.25, -0.2) is 8.42 Å². The number of benzene rings is 2. The lowest BCUT2D eigenvalue weighted by Gasteiger charge is -2.18. The zero-order valence-corrected chi connectivity index (χ0v) is 17.8. The second-order valence-corrected chi connectivity index (χ2v) is 9.04. The highest BCUT2D eigenvalue weighted by Crippen LogP contribution is 2.22. The smallest absolute Gasteiger partial charge is 0.263 e. The summed E-state index contributed by atoms with van der Waals surface area (Å²) in [7, 11) is -1.71. The van der Waals surface area contributed by atoms with Crippen LogP contribution in [0.2, 0.25) is 5.02 Å².